The highest BCUT2D eigenvalue weighted by Gasteiger charge is 2.33. The van der Waals surface area contributed by atoms with E-state index in [1.807, 2.05) is 12.1 Å². The second kappa shape index (κ2) is 9.57. The number of ether oxygens (including phenoxy) is 1. The molecule has 0 spiro atoms. The molecule has 0 aliphatic heterocycles. The van der Waals surface area contributed by atoms with Crippen LogP contribution >= 0.6 is 22.7 Å². The molecule has 1 aromatic carbocycles. The van der Waals surface area contributed by atoms with E-state index in [2.05, 4.69) is 57.0 Å². The molecule has 0 unspecified atom stereocenters. The van der Waals surface area contributed by atoms with Crippen molar-refractivity contribution in [2.24, 2.45) is 0 Å². The number of hydrogen-bond acceptors (Lipinski definition) is 5. The van der Waals surface area contributed by atoms with Gasteiger partial charge in [-0.2, -0.15) is 0 Å². The van der Waals surface area contributed by atoms with Gasteiger partial charge in [-0.05, 0) is 53.4 Å². The van der Waals surface area contributed by atoms with Gasteiger partial charge < -0.3 is 9.64 Å². The van der Waals surface area contributed by atoms with Crippen molar-refractivity contribution in [2.45, 2.75) is 38.5 Å². The fraction of sp³-hybridized carbons (Fsp3) is 0.348. The van der Waals surface area contributed by atoms with Gasteiger partial charge in [-0.15, -0.1) is 22.7 Å². The fourth-order valence-corrected chi connectivity index (χ4v) is 4.92. The van der Waals surface area contributed by atoms with E-state index in [1.54, 1.807) is 29.8 Å². The van der Waals surface area contributed by atoms with E-state index in [-0.39, 0.29) is 5.91 Å². The van der Waals surface area contributed by atoms with E-state index in [1.165, 1.54) is 9.75 Å². The normalized spacial score (nSPS) is 13.6. The minimum Gasteiger partial charge on any atom is -0.497 e. The molecule has 1 saturated carbocycles. The number of carbonyl (C=O) groups is 1. The zero-order valence-electron chi connectivity index (χ0n) is 16.6. The second-order valence-corrected chi connectivity index (χ2v) is 9.47. The molecule has 4 nitrogen and oxygen atoms in total. The molecule has 1 amide bonds. The average molecular weight is 427 g/mol. The topological polar surface area (TPSA) is 32.8 Å². The SMILES string of the molecule is COc1ccc(CN(C(=O)CN(Cc2cccs2)Cc2cccs2)C2CC2)cc1. The van der Waals surface area contributed by atoms with Gasteiger partial charge in [0, 0.05) is 35.4 Å². The van der Waals surface area contributed by atoms with E-state index in [0.717, 1.165) is 37.2 Å². The number of nitrogens with zero attached hydrogens (tertiary/aromatic N) is 2. The summed E-state index contributed by atoms with van der Waals surface area (Å²) in [6.07, 6.45) is 2.22. The van der Waals surface area contributed by atoms with Crippen molar-refractivity contribution in [1.29, 1.82) is 0 Å². The van der Waals surface area contributed by atoms with Crippen molar-refractivity contribution < 1.29 is 9.53 Å². The molecule has 0 bridgehead atoms. The number of methoxy groups -OCH3 is 1. The Morgan fingerprint density at radius 2 is 1.59 bits per heavy atom. The van der Waals surface area contributed by atoms with Gasteiger partial charge in [-0.25, -0.2) is 0 Å². The summed E-state index contributed by atoms with van der Waals surface area (Å²) in [6, 6.07) is 16.9. The fourth-order valence-electron chi connectivity index (χ4n) is 3.43. The Kier molecular flexibility index (Phi) is 6.64. The third-order valence-corrected chi connectivity index (χ3v) is 6.82. The van der Waals surface area contributed by atoms with Crippen molar-refractivity contribution in [1.82, 2.24) is 9.80 Å². The third kappa shape index (κ3) is 5.69. The van der Waals surface area contributed by atoms with E-state index in [9.17, 15) is 4.79 Å². The second-order valence-electron chi connectivity index (χ2n) is 7.40. The van der Waals surface area contributed by atoms with Gasteiger partial charge in [0.2, 0.25) is 5.91 Å². The first-order valence-electron chi connectivity index (χ1n) is 9.91. The number of rotatable bonds is 10. The van der Waals surface area contributed by atoms with Gasteiger partial charge in [0.1, 0.15) is 5.75 Å². The molecular weight excluding hydrogens is 400 g/mol. The van der Waals surface area contributed by atoms with Crippen LogP contribution in [0.3, 0.4) is 0 Å². The van der Waals surface area contributed by atoms with E-state index < -0.39 is 0 Å². The predicted molar refractivity (Wildman–Crippen MR) is 119 cm³/mol. The van der Waals surface area contributed by atoms with Gasteiger partial charge in [-0.3, -0.25) is 9.69 Å². The first-order chi connectivity index (χ1) is 14.2. The molecule has 1 aliphatic carbocycles. The van der Waals surface area contributed by atoms with Crippen LogP contribution in [0, 0.1) is 0 Å². The zero-order valence-corrected chi connectivity index (χ0v) is 18.3. The highest BCUT2D eigenvalue weighted by atomic mass is 32.1. The standard InChI is InChI=1S/C23H26N2O2S2/c1-27-20-10-6-18(7-11-20)14-25(19-8-9-19)23(26)17-24(15-21-4-2-12-28-21)16-22-5-3-13-29-22/h2-7,10-13,19H,8-9,14-17H2,1H3. The quantitative estimate of drug-likeness (QED) is 0.457. The molecule has 0 atom stereocenters. The molecule has 1 aliphatic rings. The summed E-state index contributed by atoms with van der Waals surface area (Å²) >= 11 is 3.50. The number of carbonyl (C=O) groups excluding carboxylic acids is 1. The minimum absolute atomic E-state index is 0.219. The van der Waals surface area contributed by atoms with Crippen LogP contribution in [-0.2, 0) is 24.4 Å². The summed E-state index contributed by atoms with van der Waals surface area (Å²) in [6.45, 7) is 2.73. The molecule has 0 radical (unpaired) electrons. The molecule has 6 heteroatoms. The Morgan fingerprint density at radius 1 is 0.966 bits per heavy atom. The molecule has 0 N–H and O–H groups in total. The minimum atomic E-state index is 0.219. The zero-order chi connectivity index (χ0) is 20.1. The number of benzene rings is 1. The lowest BCUT2D eigenvalue weighted by atomic mass is 10.2. The van der Waals surface area contributed by atoms with Crippen LogP contribution in [0.1, 0.15) is 28.2 Å². The van der Waals surface area contributed by atoms with Crippen LogP contribution in [0.25, 0.3) is 0 Å². The molecule has 29 heavy (non-hydrogen) atoms. The average Bonchev–Trinajstić information content (AvgIpc) is 3.19. The van der Waals surface area contributed by atoms with Crippen LogP contribution in [0.5, 0.6) is 5.75 Å². The lowest BCUT2D eigenvalue weighted by Crippen LogP contribution is -2.40. The van der Waals surface area contributed by atoms with Crippen molar-refractivity contribution >= 4 is 28.6 Å². The maximum absolute atomic E-state index is 13.3. The van der Waals surface area contributed by atoms with E-state index >= 15 is 0 Å². The Morgan fingerprint density at radius 3 is 2.07 bits per heavy atom. The van der Waals surface area contributed by atoms with Crippen LogP contribution < -0.4 is 4.74 Å². The van der Waals surface area contributed by atoms with Crippen LogP contribution in [-0.4, -0.2) is 35.4 Å². The lowest BCUT2D eigenvalue weighted by Gasteiger charge is -2.27. The summed E-state index contributed by atoms with van der Waals surface area (Å²) in [5, 5.41) is 4.20. The molecule has 152 valence electrons. The maximum atomic E-state index is 13.3. The van der Waals surface area contributed by atoms with Gasteiger partial charge in [0.15, 0.2) is 0 Å². The highest BCUT2D eigenvalue weighted by molar-refractivity contribution is 7.10. The summed E-state index contributed by atoms with van der Waals surface area (Å²) in [5.74, 6) is 1.06. The van der Waals surface area contributed by atoms with Crippen molar-refractivity contribution in [3.8, 4) is 5.75 Å². The van der Waals surface area contributed by atoms with Gasteiger partial charge >= 0.3 is 0 Å². The van der Waals surface area contributed by atoms with E-state index in [0.29, 0.717) is 19.1 Å². The summed E-state index contributed by atoms with van der Waals surface area (Å²) in [7, 11) is 1.67. The molecule has 2 heterocycles. The smallest absolute Gasteiger partial charge is 0.237 e. The molecule has 0 saturated heterocycles. The Labute approximate surface area is 180 Å². The van der Waals surface area contributed by atoms with Crippen molar-refractivity contribution in [2.75, 3.05) is 13.7 Å². The predicted octanol–water partition coefficient (Wildman–Crippen LogP) is 5.01. The lowest BCUT2D eigenvalue weighted by molar-refractivity contribution is -0.134. The van der Waals surface area contributed by atoms with Crippen LogP contribution in [0.2, 0.25) is 0 Å². The summed E-state index contributed by atoms with van der Waals surface area (Å²) < 4.78 is 5.25. The highest BCUT2D eigenvalue weighted by Crippen LogP contribution is 2.29. The Hall–Kier alpha value is -2.15. The Bertz CT molecular complexity index is 851. The number of hydrogen-bond donors (Lipinski definition) is 0. The monoisotopic (exact) mass is 426 g/mol. The Balaban J connectivity index is 1.44. The maximum Gasteiger partial charge on any atom is 0.237 e. The molecule has 3 aromatic rings. The van der Waals surface area contributed by atoms with Gasteiger partial charge in [0.05, 0.1) is 13.7 Å². The van der Waals surface area contributed by atoms with Crippen molar-refractivity contribution in [3.05, 3.63) is 74.6 Å². The summed E-state index contributed by atoms with van der Waals surface area (Å²) in [4.78, 5) is 20.2. The summed E-state index contributed by atoms with van der Waals surface area (Å²) in [5.41, 5.74) is 1.15. The molecule has 1 fully saturated rings. The molecular formula is C23H26N2O2S2. The first-order valence-corrected chi connectivity index (χ1v) is 11.7. The first kappa shape index (κ1) is 20.1. The third-order valence-electron chi connectivity index (χ3n) is 5.10. The van der Waals surface area contributed by atoms with Gasteiger partial charge in [-0.1, -0.05) is 24.3 Å². The molecule has 2 aromatic heterocycles. The van der Waals surface area contributed by atoms with Crippen LogP contribution in [0.4, 0.5) is 0 Å². The van der Waals surface area contributed by atoms with E-state index in [4.69, 9.17) is 4.74 Å². The molecule has 4 rings (SSSR count). The number of thiophene rings is 2. The number of amides is 1. The largest absolute Gasteiger partial charge is 0.497 e. The van der Waals surface area contributed by atoms with Gasteiger partial charge in [0.25, 0.3) is 0 Å². The van der Waals surface area contributed by atoms with Crippen LogP contribution in [0.15, 0.2) is 59.3 Å². The van der Waals surface area contributed by atoms with Crippen molar-refractivity contribution in [3.63, 3.8) is 0 Å².